The van der Waals surface area contributed by atoms with Crippen molar-refractivity contribution in [2.75, 3.05) is 11.1 Å². The van der Waals surface area contributed by atoms with Gasteiger partial charge in [0, 0.05) is 21.2 Å². The lowest BCUT2D eigenvalue weighted by Crippen LogP contribution is -2.13. The van der Waals surface area contributed by atoms with Crippen LogP contribution < -0.4 is 5.32 Å². The zero-order valence-electron chi connectivity index (χ0n) is 14.1. The van der Waals surface area contributed by atoms with Crippen molar-refractivity contribution in [3.63, 3.8) is 0 Å². The molecule has 0 saturated heterocycles. The summed E-state index contributed by atoms with van der Waals surface area (Å²) in [6.07, 6.45) is 0. The highest BCUT2D eigenvalue weighted by atomic mass is 35.5. The van der Waals surface area contributed by atoms with Crippen molar-refractivity contribution >= 4 is 40.7 Å². The van der Waals surface area contributed by atoms with Gasteiger partial charge in [-0.15, -0.1) is 11.8 Å². The molecule has 136 valence electrons. The minimum atomic E-state index is -0.575. The van der Waals surface area contributed by atoms with Gasteiger partial charge in [0.15, 0.2) is 5.78 Å². The fraction of sp³-hybridized carbons (Fsp3) is 0.0476. The largest absolute Gasteiger partial charge is 0.322 e. The number of Topliss-reactive ketones (excluding diaryl/α,β-unsaturated/α-hetero) is 1. The predicted molar refractivity (Wildman–Crippen MR) is 107 cm³/mol. The Labute approximate surface area is 165 Å². The summed E-state index contributed by atoms with van der Waals surface area (Å²) in [6.45, 7) is 0. The first-order valence-electron chi connectivity index (χ1n) is 8.10. The molecule has 3 aromatic rings. The summed E-state index contributed by atoms with van der Waals surface area (Å²) in [5.41, 5.74) is 1.11. The van der Waals surface area contributed by atoms with E-state index in [1.54, 1.807) is 48.5 Å². The lowest BCUT2D eigenvalue weighted by molar-refractivity contribution is 0.101. The fourth-order valence-electron chi connectivity index (χ4n) is 2.38. The summed E-state index contributed by atoms with van der Waals surface area (Å²) in [7, 11) is 0. The van der Waals surface area contributed by atoms with E-state index < -0.39 is 11.7 Å². The molecule has 0 radical (unpaired) electrons. The minimum Gasteiger partial charge on any atom is -0.322 e. The van der Waals surface area contributed by atoms with E-state index in [1.165, 1.54) is 30.0 Å². The van der Waals surface area contributed by atoms with Crippen molar-refractivity contribution in [3.05, 3.63) is 94.8 Å². The summed E-state index contributed by atoms with van der Waals surface area (Å²) >= 11 is 7.19. The second-order valence-electron chi connectivity index (χ2n) is 5.68. The first-order valence-corrected chi connectivity index (χ1v) is 9.47. The van der Waals surface area contributed by atoms with Gasteiger partial charge in [0.1, 0.15) is 5.82 Å². The number of anilines is 1. The lowest BCUT2D eigenvalue weighted by Gasteiger charge is -2.08. The first kappa shape index (κ1) is 19.1. The Bertz CT molecular complexity index is 976. The van der Waals surface area contributed by atoms with Crippen molar-refractivity contribution in [1.29, 1.82) is 0 Å². The van der Waals surface area contributed by atoms with Gasteiger partial charge in [0.05, 0.1) is 11.3 Å². The molecule has 1 N–H and O–H groups in total. The maximum Gasteiger partial charge on any atom is 0.258 e. The van der Waals surface area contributed by atoms with Crippen LogP contribution in [-0.2, 0) is 0 Å². The predicted octanol–water partition coefficient (Wildman–Crippen LogP) is 5.71. The highest BCUT2D eigenvalue weighted by Crippen LogP contribution is 2.23. The first-order chi connectivity index (χ1) is 13.0. The number of rotatable bonds is 6. The van der Waals surface area contributed by atoms with Gasteiger partial charge in [0.2, 0.25) is 0 Å². The lowest BCUT2D eigenvalue weighted by atomic mass is 10.1. The Morgan fingerprint density at radius 2 is 1.70 bits per heavy atom. The van der Waals surface area contributed by atoms with Crippen molar-refractivity contribution in [3.8, 4) is 0 Å². The highest BCUT2D eigenvalue weighted by molar-refractivity contribution is 8.00. The van der Waals surface area contributed by atoms with Crippen LogP contribution in [0.4, 0.5) is 10.1 Å². The van der Waals surface area contributed by atoms with Crippen LogP contribution in [0.2, 0.25) is 5.02 Å². The molecule has 0 aliphatic rings. The SMILES string of the molecule is O=C(CSc1cccc(NC(=O)c2ccccc2F)c1)c1ccc(Cl)cc1. The number of halogens is 2. The van der Waals surface area contributed by atoms with Crippen LogP contribution in [0.25, 0.3) is 0 Å². The zero-order valence-corrected chi connectivity index (χ0v) is 15.7. The summed E-state index contributed by atoms with van der Waals surface area (Å²) in [5, 5.41) is 3.25. The van der Waals surface area contributed by atoms with E-state index >= 15 is 0 Å². The average molecular weight is 400 g/mol. The van der Waals surface area contributed by atoms with E-state index in [2.05, 4.69) is 5.32 Å². The Kier molecular flexibility index (Phi) is 6.27. The minimum absolute atomic E-state index is 0.0162. The molecule has 0 aromatic heterocycles. The molecule has 27 heavy (non-hydrogen) atoms. The number of hydrogen-bond acceptors (Lipinski definition) is 3. The van der Waals surface area contributed by atoms with E-state index in [0.29, 0.717) is 16.3 Å². The molecule has 0 aliphatic heterocycles. The van der Waals surface area contributed by atoms with Gasteiger partial charge in [-0.2, -0.15) is 0 Å². The topological polar surface area (TPSA) is 46.2 Å². The average Bonchev–Trinajstić information content (AvgIpc) is 2.67. The molecule has 0 heterocycles. The van der Waals surface area contributed by atoms with Gasteiger partial charge >= 0.3 is 0 Å². The maximum atomic E-state index is 13.7. The van der Waals surface area contributed by atoms with Crippen LogP contribution in [-0.4, -0.2) is 17.4 Å². The standard InChI is InChI=1S/C21H15ClFNO2S/c22-15-10-8-14(9-11-15)20(25)13-27-17-5-3-4-16(12-17)24-21(26)18-6-1-2-7-19(18)23/h1-12H,13H2,(H,24,26). The van der Waals surface area contributed by atoms with Crippen LogP contribution in [0, 0.1) is 5.82 Å². The van der Waals surface area contributed by atoms with Crippen molar-refractivity contribution in [1.82, 2.24) is 0 Å². The number of carbonyl (C=O) groups excluding carboxylic acids is 2. The summed E-state index contributed by atoms with van der Waals surface area (Å²) in [6, 6.07) is 19.6. The summed E-state index contributed by atoms with van der Waals surface area (Å²) in [5.74, 6) is -0.856. The number of amides is 1. The smallest absolute Gasteiger partial charge is 0.258 e. The van der Waals surface area contributed by atoms with Crippen LogP contribution >= 0.6 is 23.4 Å². The van der Waals surface area contributed by atoms with E-state index in [1.807, 2.05) is 6.07 Å². The number of hydrogen-bond donors (Lipinski definition) is 1. The molecule has 1 amide bonds. The van der Waals surface area contributed by atoms with Gasteiger partial charge in [-0.25, -0.2) is 4.39 Å². The summed E-state index contributed by atoms with van der Waals surface area (Å²) < 4.78 is 13.7. The molecule has 0 aliphatic carbocycles. The second-order valence-corrected chi connectivity index (χ2v) is 7.17. The molecule has 6 heteroatoms. The maximum absolute atomic E-state index is 13.7. The molecule has 0 atom stereocenters. The molecule has 0 spiro atoms. The quantitative estimate of drug-likeness (QED) is 0.426. The number of nitrogens with one attached hydrogen (secondary N) is 1. The third kappa shape index (κ3) is 5.18. The fourth-order valence-corrected chi connectivity index (χ4v) is 3.35. The van der Waals surface area contributed by atoms with Crippen LogP contribution in [0.3, 0.4) is 0 Å². The second kappa shape index (κ2) is 8.84. The molecule has 0 unspecified atom stereocenters. The number of ketones is 1. The Balaban J connectivity index is 1.63. The third-order valence-electron chi connectivity index (χ3n) is 3.75. The molecule has 3 aromatic carbocycles. The van der Waals surface area contributed by atoms with Crippen molar-refractivity contribution in [2.45, 2.75) is 4.90 Å². The monoisotopic (exact) mass is 399 g/mol. The number of benzene rings is 3. The van der Waals surface area contributed by atoms with Crippen LogP contribution in [0.15, 0.2) is 77.7 Å². The van der Waals surface area contributed by atoms with Crippen LogP contribution in [0.5, 0.6) is 0 Å². The van der Waals surface area contributed by atoms with E-state index in [9.17, 15) is 14.0 Å². The van der Waals surface area contributed by atoms with Gasteiger partial charge in [0.25, 0.3) is 5.91 Å². The molecular formula is C21H15ClFNO2S. The molecule has 3 nitrogen and oxygen atoms in total. The van der Waals surface area contributed by atoms with E-state index in [4.69, 9.17) is 11.6 Å². The Hall–Kier alpha value is -2.63. The number of carbonyl (C=O) groups is 2. The molecular weight excluding hydrogens is 385 g/mol. The van der Waals surface area contributed by atoms with Gasteiger partial charge in [-0.3, -0.25) is 9.59 Å². The van der Waals surface area contributed by atoms with Gasteiger partial charge in [-0.1, -0.05) is 29.8 Å². The third-order valence-corrected chi connectivity index (χ3v) is 4.99. The molecule has 0 fully saturated rings. The molecule has 0 bridgehead atoms. The van der Waals surface area contributed by atoms with E-state index in [-0.39, 0.29) is 17.1 Å². The van der Waals surface area contributed by atoms with Gasteiger partial charge < -0.3 is 5.32 Å². The highest BCUT2D eigenvalue weighted by Gasteiger charge is 2.12. The normalized spacial score (nSPS) is 10.4. The summed E-state index contributed by atoms with van der Waals surface area (Å²) in [4.78, 5) is 25.3. The Morgan fingerprint density at radius 1 is 0.963 bits per heavy atom. The van der Waals surface area contributed by atoms with Crippen molar-refractivity contribution in [2.24, 2.45) is 0 Å². The zero-order chi connectivity index (χ0) is 19.2. The van der Waals surface area contributed by atoms with Crippen molar-refractivity contribution < 1.29 is 14.0 Å². The Morgan fingerprint density at radius 3 is 2.44 bits per heavy atom. The molecule has 3 rings (SSSR count). The molecule has 0 saturated carbocycles. The van der Waals surface area contributed by atoms with E-state index in [0.717, 1.165) is 4.90 Å². The van der Waals surface area contributed by atoms with Crippen LogP contribution in [0.1, 0.15) is 20.7 Å². The number of thioether (sulfide) groups is 1. The van der Waals surface area contributed by atoms with Gasteiger partial charge in [-0.05, 0) is 54.6 Å².